The molecule has 0 saturated carbocycles. The van der Waals surface area contributed by atoms with Crippen LogP contribution in [0.2, 0.25) is 0 Å². The van der Waals surface area contributed by atoms with Gasteiger partial charge in [0.05, 0.1) is 17.1 Å². The van der Waals surface area contributed by atoms with E-state index in [1.165, 1.54) is 17.0 Å². The Hall–Kier alpha value is -1.61. The molecule has 0 aliphatic carbocycles. The number of alkyl halides is 3. The van der Waals surface area contributed by atoms with Crippen LogP contribution in [0.15, 0.2) is 24.3 Å². The van der Waals surface area contributed by atoms with Crippen LogP contribution in [-0.4, -0.2) is 49.0 Å². The summed E-state index contributed by atoms with van der Waals surface area (Å²) < 4.78 is 62.0. The highest BCUT2D eigenvalue weighted by atomic mass is 32.2. The van der Waals surface area contributed by atoms with Crippen molar-refractivity contribution < 1.29 is 31.5 Å². The molecule has 1 aliphatic rings. The zero-order chi connectivity index (χ0) is 16.5. The van der Waals surface area contributed by atoms with Crippen LogP contribution in [0.25, 0.3) is 0 Å². The fourth-order valence-corrected chi connectivity index (χ4v) is 3.69. The highest BCUT2D eigenvalue weighted by molar-refractivity contribution is 7.91. The smallest absolute Gasteiger partial charge is 0.416 e. The van der Waals surface area contributed by atoms with Crippen LogP contribution in [0, 0.1) is 0 Å². The second-order valence-electron chi connectivity index (χ2n) is 5.01. The number of aliphatic carboxylic acids is 1. The molecule has 2 rings (SSSR count). The minimum atomic E-state index is -4.67. The summed E-state index contributed by atoms with van der Waals surface area (Å²) in [5.41, 5.74) is -1.39. The van der Waals surface area contributed by atoms with Gasteiger partial charge in [-0.15, -0.1) is 0 Å². The molecule has 0 aromatic heterocycles. The van der Waals surface area contributed by atoms with Crippen molar-refractivity contribution in [3.8, 4) is 0 Å². The Balaban J connectivity index is 2.40. The zero-order valence-corrected chi connectivity index (χ0v) is 12.2. The van der Waals surface area contributed by atoms with Gasteiger partial charge in [0.1, 0.15) is 6.04 Å². The molecular weight excluding hydrogens is 323 g/mol. The van der Waals surface area contributed by atoms with Gasteiger partial charge in [0.25, 0.3) is 0 Å². The number of hydrogen-bond acceptors (Lipinski definition) is 4. The molecule has 22 heavy (non-hydrogen) atoms. The Bertz CT molecular complexity index is 658. The van der Waals surface area contributed by atoms with Crippen LogP contribution < -0.4 is 0 Å². The molecule has 0 amide bonds. The lowest BCUT2D eigenvalue weighted by Gasteiger charge is -2.33. The Morgan fingerprint density at radius 2 is 1.73 bits per heavy atom. The van der Waals surface area contributed by atoms with E-state index in [-0.39, 0.29) is 30.2 Å². The molecule has 1 atom stereocenters. The Labute approximate surface area is 125 Å². The van der Waals surface area contributed by atoms with Gasteiger partial charge in [-0.2, -0.15) is 13.2 Å². The van der Waals surface area contributed by atoms with Crippen molar-refractivity contribution in [2.45, 2.75) is 12.2 Å². The maximum atomic E-state index is 13.1. The van der Waals surface area contributed by atoms with Crippen molar-refractivity contribution >= 4 is 15.8 Å². The first-order valence-electron chi connectivity index (χ1n) is 6.45. The van der Waals surface area contributed by atoms with E-state index in [9.17, 15) is 31.5 Å². The van der Waals surface area contributed by atoms with E-state index in [0.29, 0.717) is 0 Å². The quantitative estimate of drug-likeness (QED) is 0.906. The maximum absolute atomic E-state index is 13.1. The molecule has 1 heterocycles. The second kappa shape index (κ2) is 5.88. The molecular formula is C13H14F3NO4S. The minimum Gasteiger partial charge on any atom is -0.480 e. The third kappa shape index (κ3) is 3.58. The van der Waals surface area contributed by atoms with Gasteiger partial charge in [0.15, 0.2) is 9.84 Å². The lowest BCUT2D eigenvalue weighted by molar-refractivity contribution is -0.145. The fraction of sp³-hybridized carbons (Fsp3) is 0.462. The van der Waals surface area contributed by atoms with E-state index >= 15 is 0 Å². The minimum absolute atomic E-state index is 0.106. The van der Waals surface area contributed by atoms with Gasteiger partial charge in [-0.1, -0.05) is 18.2 Å². The topological polar surface area (TPSA) is 74.7 Å². The van der Waals surface area contributed by atoms with Crippen LogP contribution in [0.3, 0.4) is 0 Å². The molecule has 0 spiro atoms. The van der Waals surface area contributed by atoms with Crippen LogP contribution in [0.5, 0.6) is 0 Å². The average molecular weight is 337 g/mol. The van der Waals surface area contributed by atoms with Crippen molar-refractivity contribution in [2.75, 3.05) is 24.6 Å². The van der Waals surface area contributed by atoms with E-state index < -0.39 is 33.6 Å². The molecule has 122 valence electrons. The van der Waals surface area contributed by atoms with Crippen molar-refractivity contribution in [2.24, 2.45) is 0 Å². The summed E-state index contributed by atoms with van der Waals surface area (Å²) in [5.74, 6) is -1.95. The highest BCUT2D eigenvalue weighted by Crippen LogP contribution is 2.36. The van der Waals surface area contributed by atoms with E-state index in [1.54, 1.807) is 0 Å². The number of carbonyl (C=O) groups is 1. The Kier molecular flexibility index (Phi) is 4.48. The zero-order valence-electron chi connectivity index (χ0n) is 11.4. The van der Waals surface area contributed by atoms with Gasteiger partial charge in [0.2, 0.25) is 0 Å². The molecule has 1 unspecified atom stereocenters. The summed E-state index contributed by atoms with van der Waals surface area (Å²) in [7, 11) is -3.25. The first-order valence-corrected chi connectivity index (χ1v) is 8.27. The predicted molar refractivity (Wildman–Crippen MR) is 72.0 cm³/mol. The summed E-state index contributed by atoms with van der Waals surface area (Å²) in [6.07, 6.45) is -4.67. The number of hydrogen-bond donors (Lipinski definition) is 1. The lowest BCUT2D eigenvalue weighted by atomic mass is 9.98. The number of carboxylic acids is 1. The standard InChI is InChI=1S/C13H14F3NO4S/c14-13(15,16)10-4-2-1-3-9(10)11(12(18)19)17-5-7-22(20,21)8-6-17/h1-4,11H,5-8H2,(H,18,19). The van der Waals surface area contributed by atoms with Gasteiger partial charge in [0, 0.05) is 13.1 Å². The van der Waals surface area contributed by atoms with E-state index in [2.05, 4.69) is 0 Å². The third-order valence-electron chi connectivity index (χ3n) is 3.54. The summed E-state index contributed by atoms with van der Waals surface area (Å²) in [5, 5.41) is 9.34. The van der Waals surface area contributed by atoms with Crippen molar-refractivity contribution in [3.63, 3.8) is 0 Å². The van der Waals surface area contributed by atoms with Gasteiger partial charge in [-0.05, 0) is 11.6 Å². The van der Waals surface area contributed by atoms with Crippen LogP contribution in [0.1, 0.15) is 17.2 Å². The molecule has 0 bridgehead atoms. The number of carboxylic acid groups (broad SMARTS) is 1. The number of rotatable bonds is 3. The first-order chi connectivity index (χ1) is 10.1. The second-order valence-corrected chi connectivity index (χ2v) is 7.32. The van der Waals surface area contributed by atoms with E-state index in [0.717, 1.165) is 12.1 Å². The Morgan fingerprint density at radius 3 is 2.23 bits per heavy atom. The van der Waals surface area contributed by atoms with Gasteiger partial charge in [-0.25, -0.2) is 8.42 Å². The SMILES string of the molecule is O=C(O)C(c1ccccc1C(F)(F)F)N1CCS(=O)(=O)CC1. The summed E-state index contributed by atoms with van der Waals surface area (Å²) in [6, 6.07) is 2.94. The average Bonchev–Trinajstić information content (AvgIpc) is 2.40. The van der Waals surface area contributed by atoms with E-state index in [1.807, 2.05) is 0 Å². The number of sulfone groups is 1. The lowest BCUT2D eigenvalue weighted by Crippen LogP contribution is -2.45. The normalized spacial score (nSPS) is 20.5. The molecule has 1 aliphatic heterocycles. The molecule has 5 nitrogen and oxygen atoms in total. The third-order valence-corrected chi connectivity index (χ3v) is 5.15. The van der Waals surface area contributed by atoms with Crippen LogP contribution >= 0.6 is 0 Å². The number of halogens is 3. The van der Waals surface area contributed by atoms with Crippen LogP contribution in [0.4, 0.5) is 13.2 Å². The van der Waals surface area contributed by atoms with Crippen molar-refractivity contribution in [1.82, 2.24) is 4.90 Å². The first kappa shape index (κ1) is 16.8. The molecule has 1 aromatic rings. The monoisotopic (exact) mass is 337 g/mol. The van der Waals surface area contributed by atoms with Gasteiger partial charge >= 0.3 is 12.1 Å². The van der Waals surface area contributed by atoms with E-state index in [4.69, 9.17) is 0 Å². The maximum Gasteiger partial charge on any atom is 0.416 e. The van der Waals surface area contributed by atoms with Crippen molar-refractivity contribution in [3.05, 3.63) is 35.4 Å². The number of benzene rings is 1. The largest absolute Gasteiger partial charge is 0.480 e. The summed E-state index contributed by atoms with van der Waals surface area (Å²) in [4.78, 5) is 12.7. The van der Waals surface area contributed by atoms with Gasteiger partial charge < -0.3 is 5.11 Å². The molecule has 1 N–H and O–H groups in total. The predicted octanol–water partition coefficient (Wildman–Crippen LogP) is 1.56. The number of nitrogens with zero attached hydrogens (tertiary/aromatic N) is 1. The molecule has 1 fully saturated rings. The summed E-state index contributed by atoms with van der Waals surface area (Å²) in [6.45, 7) is -0.211. The van der Waals surface area contributed by atoms with Crippen LogP contribution in [-0.2, 0) is 20.8 Å². The molecule has 0 radical (unpaired) electrons. The van der Waals surface area contributed by atoms with Crippen molar-refractivity contribution in [1.29, 1.82) is 0 Å². The molecule has 1 aromatic carbocycles. The Morgan fingerprint density at radius 1 is 1.18 bits per heavy atom. The van der Waals surface area contributed by atoms with Gasteiger partial charge in [-0.3, -0.25) is 9.69 Å². The molecule has 1 saturated heterocycles. The fourth-order valence-electron chi connectivity index (χ4n) is 2.46. The summed E-state index contributed by atoms with van der Waals surface area (Å²) >= 11 is 0. The molecule has 9 heteroatoms. The highest BCUT2D eigenvalue weighted by Gasteiger charge is 2.40.